The topological polar surface area (TPSA) is 58.6 Å². The number of carbonyl (C=O) groups excluding carboxylic acids is 1. The molecule has 0 aliphatic carbocycles. The number of rotatable bonds is 19. The van der Waals surface area contributed by atoms with E-state index in [1.54, 1.807) is 18.2 Å². The van der Waals surface area contributed by atoms with Crippen molar-refractivity contribution in [3.8, 4) is 11.5 Å². The first-order valence-corrected chi connectivity index (χ1v) is 12.4. The van der Waals surface area contributed by atoms with E-state index >= 15 is 0 Å². The van der Waals surface area contributed by atoms with Gasteiger partial charge in [0.15, 0.2) is 11.5 Å². The van der Waals surface area contributed by atoms with Crippen LogP contribution in [0.25, 0.3) is 0 Å². The molecule has 0 saturated heterocycles. The van der Waals surface area contributed by atoms with Crippen molar-refractivity contribution >= 4 is 5.91 Å². The highest BCUT2D eigenvalue weighted by molar-refractivity contribution is 5.75. The van der Waals surface area contributed by atoms with Crippen LogP contribution in [0.1, 0.15) is 109 Å². The quantitative estimate of drug-likeness (QED) is 0.177. The zero-order valence-electron chi connectivity index (χ0n) is 20.0. The number of hydrogen-bond donors (Lipinski definition) is 2. The Bertz CT molecular complexity index is 612. The smallest absolute Gasteiger partial charge is 0.220 e. The lowest BCUT2D eigenvalue weighted by Gasteiger charge is -2.08. The van der Waals surface area contributed by atoms with E-state index in [4.69, 9.17) is 4.74 Å². The number of phenolic OH excluding ortho intramolecular Hbond substituents is 1. The summed E-state index contributed by atoms with van der Waals surface area (Å²) in [6, 6.07) is 5.13. The predicted molar refractivity (Wildman–Crippen MR) is 131 cm³/mol. The highest BCUT2D eigenvalue weighted by Crippen LogP contribution is 2.26. The molecule has 2 N–H and O–H groups in total. The molecule has 0 heterocycles. The van der Waals surface area contributed by atoms with Crippen LogP contribution in [-0.2, 0) is 11.3 Å². The van der Waals surface area contributed by atoms with Crippen molar-refractivity contribution in [3.05, 3.63) is 35.9 Å². The molecule has 1 amide bonds. The van der Waals surface area contributed by atoms with Gasteiger partial charge in [-0.2, -0.15) is 0 Å². The maximum atomic E-state index is 12.0. The van der Waals surface area contributed by atoms with Gasteiger partial charge in [0.1, 0.15) is 0 Å². The summed E-state index contributed by atoms with van der Waals surface area (Å²) in [5.41, 5.74) is 0.920. The van der Waals surface area contributed by atoms with Crippen LogP contribution >= 0.6 is 0 Å². The first-order valence-electron chi connectivity index (χ1n) is 12.4. The van der Waals surface area contributed by atoms with Gasteiger partial charge in [-0.3, -0.25) is 4.79 Å². The molecule has 0 fully saturated rings. The maximum absolute atomic E-state index is 12.0. The Kier molecular flexibility index (Phi) is 16.4. The molecule has 0 spiro atoms. The van der Waals surface area contributed by atoms with E-state index in [1.165, 1.54) is 84.2 Å². The lowest BCUT2D eigenvalue weighted by atomic mass is 10.1. The normalized spacial score (nSPS) is 11.2. The number of phenols is 1. The van der Waals surface area contributed by atoms with Gasteiger partial charge < -0.3 is 15.2 Å². The minimum absolute atomic E-state index is 0.0857. The van der Waals surface area contributed by atoms with Crippen molar-refractivity contribution in [2.24, 2.45) is 0 Å². The lowest BCUT2D eigenvalue weighted by Crippen LogP contribution is -2.22. The monoisotopic (exact) mass is 431 g/mol. The summed E-state index contributed by atoms with van der Waals surface area (Å²) in [4.78, 5) is 12.0. The fraction of sp³-hybridized carbons (Fsp3) is 0.667. The van der Waals surface area contributed by atoms with Crippen molar-refractivity contribution < 1.29 is 14.6 Å². The highest BCUT2D eigenvalue weighted by atomic mass is 16.5. The summed E-state index contributed by atoms with van der Waals surface area (Å²) >= 11 is 0. The van der Waals surface area contributed by atoms with Crippen LogP contribution in [0.15, 0.2) is 30.4 Å². The van der Waals surface area contributed by atoms with Gasteiger partial charge in [-0.15, -0.1) is 0 Å². The molecule has 4 nitrogen and oxygen atoms in total. The van der Waals surface area contributed by atoms with Crippen LogP contribution in [0.2, 0.25) is 0 Å². The molecule has 0 aromatic heterocycles. The Morgan fingerprint density at radius 2 is 1.48 bits per heavy atom. The average Bonchev–Trinajstić information content (AvgIpc) is 2.78. The second kappa shape index (κ2) is 18.8. The van der Waals surface area contributed by atoms with Crippen LogP contribution in [0, 0.1) is 0 Å². The first kappa shape index (κ1) is 27.1. The van der Waals surface area contributed by atoms with Crippen LogP contribution in [0.3, 0.4) is 0 Å². The molecule has 1 aromatic carbocycles. The fourth-order valence-corrected chi connectivity index (χ4v) is 3.65. The highest BCUT2D eigenvalue weighted by Gasteiger charge is 2.05. The van der Waals surface area contributed by atoms with Crippen LogP contribution < -0.4 is 10.1 Å². The van der Waals surface area contributed by atoms with Crippen molar-refractivity contribution in [2.75, 3.05) is 7.11 Å². The van der Waals surface area contributed by atoms with E-state index in [0.29, 0.717) is 18.7 Å². The van der Waals surface area contributed by atoms with E-state index in [-0.39, 0.29) is 11.7 Å². The third-order valence-corrected chi connectivity index (χ3v) is 5.65. The van der Waals surface area contributed by atoms with Crippen molar-refractivity contribution in [3.63, 3.8) is 0 Å². The zero-order chi connectivity index (χ0) is 22.6. The van der Waals surface area contributed by atoms with Crippen molar-refractivity contribution in [1.29, 1.82) is 0 Å². The molecule has 0 aliphatic rings. The Morgan fingerprint density at radius 1 is 0.903 bits per heavy atom. The van der Waals surface area contributed by atoms with Gasteiger partial charge >= 0.3 is 0 Å². The van der Waals surface area contributed by atoms with E-state index in [0.717, 1.165) is 18.4 Å². The van der Waals surface area contributed by atoms with Crippen molar-refractivity contribution in [2.45, 2.75) is 110 Å². The summed E-state index contributed by atoms with van der Waals surface area (Å²) < 4.78 is 5.09. The summed E-state index contributed by atoms with van der Waals surface area (Å²) in [7, 11) is 1.52. The standard InChI is InChI=1S/C27H45NO3/c1-3-4-5-6-7-8-9-10-11-12-13-14-15-16-17-18-19-27(30)28-23-24-20-21-25(29)26(22-24)31-2/h10-11,20-22,29H,3-9,12-19,23H2,1-2H3,(H,28,30). The van der Waals surface area contributed by atoms with Crippen LogP contribution in [0.5, 0.6) is 11.5 Å². The van der Waals surface area contributed by atoms with Gasteiger partial charge in [-0.1, -0.05) is 82.9 Å². The number of amides is 1. The molecule has 0 aliphatic heterocycles. The van der Waals surface area contributed by atoms with Crippen LogP contribution in [-0.4, -0.2) is 18.1 Å². The molecule has 0 unspecified atom stereocenters. The van der Waals surface area contributed by atoms with Gasteiger partial charge in [-0.05, 0) is 49.8 Å². The molecule has 0 atom stereocenters. The number of allylic oxidation sites excluding steroid dienone is 2. The summed E-state index contributed by atoms with van der Waals surface area (Å²) in [6.45, 7) is 2.73. The first-order chi connectivity index (χ1) is 15.2. The zero-order valence-corrected chi connectivity index (χ0v) is 20.0. The predicted octanol–water partition coefficient (Wildman–Crippen LogP) is 7.44. The van der Waals surface area contributed by atoms with Gasteiger partial charge in [0.2, 0.25) is 5.91 Å². The Labute approximate surface area is 190 Å². The number of aromatic hydroxyl groups is 1. The largest absolute Gasteiger partial charge is 0.504 e. The molecule has 0 bridgehead atoms. The number of benzene rings is 1. The second-order valence-corrected chi connectivity index (χ2v) is 8.47. The van der Waals surface area contributed by atoms with Gasteiger partial charge in [0, 0.05) is 13.0 Å². The van der Waals surface area contributed by atoms with Gasteiger partial charge in [0.05, 0.1) is 7.11 Å². The van der Waals surface area contributed by atoms with E-state index < -0.39 is 0 Å². The van der Waals surface area contributed by atoms with Gasteiger partial charge in [0.25, 0.3) is 0 Å². The molecular formula is C27H45NO3. The Hall–Kier alpha value is -1.97. The molecule has 0 saturated carbocycles. The molecule has 4 heteroatoms. The Morgan fingerprint density at radius 3 is 2.10 bits per heavy atom. The molecule has 1 aromatic rings. The van der Waals surface area contributed by atoms with Crippen LogP contribution in [0.4, 0.5) is 0 Å². The van der Waals surface area contributed by atoms with Gasteiger partial charge in [-0.25, -0.2) is 0 Å². The number of hydrogen-bond acceptors (Lipinski definition) is 3. The third-order valence-electron chi connectivity index (χ3n) is 5.65. The summed E-state index contributed by atoms with van der Waals surface area (Å²) in [5, 5.41) is 12.5. The maximum Gasteiger partial charge on any atom is 0.220 e. The number of carbonyl (C=O) groups is 1. The lowest BCUT2D eigenvalue weighted by molar-refractivity contribution is -0.121. The van der Waals surface area contributed by atoms with E-state index in [1.807, 2.05) is 0 Å². The molecule has 1 rings (SSSR count). The summed E-state index contributed by atoms with van der Waals surface area (Å²) in [6.07, 6.45) is 23.1. The van der Waals surface area contributed by atoms with E-state index in [2.05, 4.69) is 24.4 Å². The molecule has 176 valence electrons. The molecule has 31 heavy (non-hydrogen) atoms. The molecular weight excluding hydrogens is 386 g/mol. The van der Waals surface area contributed by atoms with E-state index in [9.17, 15) is 9.90 Å². The number of methoxy groups -OCH3 is 1. The number of unbranched alkanes of at least 4 members (excludes halogenated alkanes) is 12. The minimum atomic E-state index is 0.0857. The average molecular weight is 432 g/mol. The minimum Gasteiger partial charge on any atom is -0.504 e. The van der Waals surface area contributed by atoms with Crippen molar-refractivity contribution in [1.82, 2.24) is 5.32 Å². The number of nitrogens with one attached hydrogen (secondary N) is 1. The fourth-order valence-electron chi connectivity index (χ4n) is 3.65. The molecule has 0 radical (unpaired) electrons. The second-order valence-electron chi connectivity index (χ2n) is 8.47. The Balaban J connectivity index is 1.90. The third kappa shape index (κ3) is 14.6. The SMILES string of the molecule is CCCCCCCCC=CCCCCCCCCC(=O)NCc1ccc(O)c(OC)c1. The number of ether oxygens (including phenoxy) is 1. The summed E-state index contributed by atoms with van der Waals surface area (Å²) in [5.74, 6) is 0.629.